The van der Waals surface area contributed by atoms with E-state index in [1.165, 1.54) is 103 Å². The summed E-state index contributed by atoms with van der Waals surface area (Å²) in [4.78, 5) is 0. The molecule has 0 aliphatic carbocycles. The third-order valence-corrected chi connectivity index (χ3v) is 6.43. The van der Waals surface area contributed by atoms with Gasteiger partial charge in [0.15, 0.2) is 0 Å². The molecule has 2 heteroatoms. The van der Waals surface area contributed by atoms with E-state index in [0.29, 0.717) is 0 Å². The third-order valence-electron chi connectivity index (χ3n) is 6.43. The fourth-order valence-electron chi connectivity index (χ4n) is 4.31. The molecule has 2 unspecified atom stereocenters. The van der Waals surface area contributed by atoms with Crippen LogP contribution in [-0.4, -0.2) is 12.2 Å². The summed E-state index contributed by atoms with van der Waals surface area (Å²) in [5, 5.41) is 0. The maximum atomic E-state index is 6.11. The first-order valence-electron chi connectivity index (χ1n) is 14.1. The van der Waals surface area contributed by atoms with E-state index in [-0.39, 0.29) is 12.2 Å². The Bertz CT molecular complexity index is 463. The fraction of sp³-hybridized carbons (Fsp3) is 0.800. The van der Waals surface area contributed by atoms with Crippen LogP contribution in [-0.2, 0) is 0 Å². The van der Waals surface area contributed by atoms with E-state index in [4.69, 9.17) is 9.47 Å². The van der Waals surface area contributed by atoms with Crippen LogP contribution in [0, 0.1) is 0 Å². The van der Waals surface area contributed by atoms with E-state index >= 15 is 0 Å². The summed E-state index contributed by atoms with van der Waals surface area (Å²) in [7, 11) is 0. The van der Waals surface area contributed by atoms with Gasteiger partial charge in [-0.15, -0.1) is 0 Å². The molecule has 0 aliphatic heterocycles. The first-order chi connectivity index (χ1) is 15.7. The lowest BCUT2D eigenvalue weighted by Crippen LogP contribution is -2.12. The summed E-state index contributed by atoms with van der Waals surface area (Å²) < 4.78 is 12.2. The zero-order valence-electron chi connectivity index (χ0n) is 22.0. The summed E-state index contributed by atoms with van der Waals surface area (Å²) in [6, 6.07) is 8.23. The Morgan fingerprint density at radius 1 is 0.469 bits per heavy atom. The summed E-state index contributed by atoms with van der Waals surface area (Å²) >= 11 is 0. The quantitative estimate of drug-likeness (QED) is 0.165. The van der Waals surface area contributed by atoms with Gasteiger partial charge >= 0.3 is 0 Å². The van der Waals surface area contributed by atoms with Gasteiger partial charge in [0.25, 0.3) is 0 Å². The van der Waals surface area contributed by atoms with Crippen LogP contribution in [0.15, 0.2) is 24.3 Å². The summed E-state index contributed by atoms with van der Waals surface area (Å²) in [6.07, 6.45) is 24.7. The van der Waals surface area contributed by atoms with Crippen molar-refractivity contribution in [2.45, 2.75) is 155 Å². The molecule has 0 bridgehead atoms. The van der Waals surface area contributed by atoms with Crippen molar-refractivity contribution in [2.75, 3.05) is 0 Å². The van der Waals surface area contributed by atoms with Crippen LogP contribution in [0.3, 0.4) is 0 Å². The van der Waals surface area contributed by atoms with E-state index in [0.717, 1.165) is 24.3 Å². The largest absolute Gasteiger partial charge is 0.491 e. The molecule has 1 aromatic carbocycles. The van der Waals surface area contributed by atoms with Gasteiger partial charge in [-0.1, -0.05) is 104 Å². The number of rotatable bonds is 22. The van der Waals surface area contributed by atoms with E-state index < -0.39 is 0 Å². The van der Waals surface area contributed by atoms with Crippen molar-refractivity contribution in [3.8, 4) is 11.5 Å². The Morgan fingerprint density at radius 2 is 0.750 bits per heavy atom. The van der Waals surface area contributed by atoms with Crippen molar-refractivity contribution in [3.63, 3.8) is 0 Å². The molecule has 0 radical (unpaired) electrons. The number of benzene rings is 1. The van der Waals surface area contributed by atoms with Crippen molar-refractivity contribution >= 4 is 0 Å². The monoisotopic (exact) mass is 446 g/mol. The lowest BCUT2D eigenvalue weighted by atomic mass is 10.1. The highest BCUT2D eigenvalue weighted by molar-refractivity contribution is 5.31. The highest BCUT2D eigenvalue weighted by atomic mass is 16.5. The molecule has 0 N–H and O–H groups in total. The molecule has 186 valence electrons. The zero-order valence-corrected chi connectivity index (χ0v) is 22.0. The highest BCUT2D eigenvalue weighted by Gasteiger charge is 2.07. The molecule has 0 aromatic heterocycles. The normalized spacial score (nSPS) is 13.1. The summed E-state index contributed by atoms with van der Waals surface area (Å²) in [5.41, 5.74) is 0. The molecule has 1 aromatic rings. The Hall–Kier alpha value is -1.18. The average molecular weight is 447 g/mol. The minimum atomic E-state index is 0.280. The second kappa shape index (κ2) is 20.4. The maximum Gasteiger partial charge on any atom is 0.119 e. The molecule has 1 rings (SSSR count). The third kappa shape index (κ3) is 16.5. The second-order valence-electron chi connectivity index (χ2n) is 9.86. The number of unbranched alkanes of at least 4 members (excludes halogenated alkanes) is 14. The highest BCUT2D eigenvalue weighted by Crippen LogP contribution is 2.22. The molecule has 0 fully saturated rings. The van der Waals surface area contributed by atoms with Crippen LogP contribution < -0.4 is 9.47 Å². The maximum absolute atomic E-state index is 6.11. The van der Waals surface area contributed by atoms with Crippen LogP contribution in [0.5, 0.6) is 11.5 Å². The van der Waals surface area contributed by atoms with Crippen molar-refractivity contribution in [2.24, 2.45) is 0 Å². The molecule has 2 atom stereocenters. The molecule has 0 amide bonds. The predicted octanol–water partition coefficient (Wildman–Crippen LogP) is 10.3. The van der Waals surface area contributed by atoms with Crippen molar-refractivity contribution < 1.29 is 9.47 Å². The first kappa shape index (κ1) is 28.9. The van der Waals surface area contributed by atoms with Crippen LogP contribution >= 0.6 is 0 Å². The Kier molecular flexibility index (Phi) is 18.4. The summed E-state index contributed by atoms with van der Waals surface area (Å²) in [6.45, 7) is 8.94. The molecule has 0 saturated heterocycles. The van der Waals surface area contributed by atoms with Gasteiger partial charge in [-0.3, -0.25) is 0 Å². The van der Waals surface area contributed by atoms with Gasteiger partial charge < -0.3 is 9.47 Å². The zero-order chi connectivity index (χ0) is 23.3. The predicted molar refractivity (Wildman–Crippen MR) is 141 cm³/mol. The SMILES string of the molecule is CCCCCCCCCCC(C)Oc1ccc(OC(C)CCCCCCCCCC)cc1. The molecule has 0 spiro atoms. The number of hydrogen-bond donors (Lipinski definition) is 0. The number of ether oxygens (including phenoxy) is 2. The van der Waals surface area contributed by atoms with E-state index in [2.05, 4.69) is 52.0 Å². The Labute approximate surface area is 200 Å². The van der Waals surface area contributed by atoms with Crippen molar-refractivity contribution in [1.82, 2.24) is 0 Å². The number of hydrogen-bond acceptors (Lipinski definition) is 2. The lowest BCUT2D eigenvalue weighted by Gasteiger charge is -2.17. The van der Waals surface area contributed by atoms with Crippen LogP contribution in [0.2, 0.25) is 0 Å². The van der Waals surface area contributed by atoms with Crippen molar-refractivity contribution in [1.29, 1.82) is 0 Å². The second-order valence-corrected chi connectivity index (χ2v) is 9.86. The molecule has 2 nitrogen and oxygen atoms in total. The van der Waals surface area contributed by atoms with Gasteiger partial charge in [-0.25, -0.2) is 0 Å². The van der Waals surface area contributed by atoms with Gasteiger partial charge in [0.1, 0.15) is 11.5 Å². The van der Waals surface area contributed by atoms with Gasteiger partial charge in [0.05, 0.1) is 12.2 Å². The van der Waals surface area contributed by atoms with Gasteiger partial charge in [0, 0.05) is 0 Å². The van der Waals surface area contributed by atoms with Gasteiger partial charge in [-0.05, 0) is 63.8 Å². The average Bonchev–Trinajstić information content (AvgIpc) is 2.78. The first-order valence-corrected chi connectivity index (χ1v) is 14.1. The molecule has 0 saturated carbocycles. The standard InChI is InChI=1S/C30H54O2/c1-5-7-9-11-13-15-17-19-21-27(3)31-29-23-25-30(26-24-29)32-28(4)22-20-18-16-14-12-10-8-6-2/h23-28H,5-22H2,1-4H3. The van der Waals surface area contributed by atoms with Crippen molar-refractivity contribution in [3.05, 3.63) is 24.3 Å². The van der Waals surface area contributed by atoms with E-state index in [1.54, 1.807) is 0 Å². The lowest BCUT2D eigenvalue weighted by molar-refractivity contribution is 0.200. The minimum absolute atomic E-state index is 0.280. The van der Waals surface area contributed by atoms with Crippen LogP contribution in [0.25, 0.3) is 0 Å². The molecular formula is C30H54O2. The fourth-order valence-corrected chi connectivity index (χ4v) is 4.31. The van der Waals surface area contributed by atoms with E-state index in [9.17, 15) is 0 Å². The van der Waals surface area contributed by atoms with Crippen LogP contribution in [0.4, 0.5) is 0 Å². The molecular weight excluding hydrogens is 392 g/mol. The van der Waals surface area contributed by atoms with Gasteiger partial charge in [-0.2, -0.15) is 0 Å². The van der Waals surface area contributed by atoms with Gasteiger partial charge in [0.2, 0.25) is 0 Å². The van der Waals surface area contributed by atoms with Crippen LogP contribution in [0.1, 0.15) is 143 Å². The summed E-state index contributed by atoms with van der Waals surface area (Å²) in [5.74, 6) is 1.92. The topological polar surface area (TPSA) is 18.5 Å². The smallest absolute Gasteiger partial charge is 0.119 e. The molecule has 0 heterocycles. The molecule has 32 heavy (non-hydrogen) atoms. The molecule has 0 aliphatic rings. The Balaban J connectivity index is 2.08. The Morgan fingerprint density at radius 3 is 1.06 bits per heavy atom. The minimum Gasteiger partial charge on any atom is -0.491 e. The van der Waals surface area contributed by atoms with E-state index in [1.807, 2.05) is 0 Å².